The lowest BCUT2D eigenvalue weighted by molar-refractivity contribution is 0.304. The highest BCUT2D eigenvalue weighted by Gasteiger charge is 2.28. The second-order valence-corrected chi connectivity index (χ2v) is 8.73. The van der Waals surface area contributed by atoms with Gasteiger partial charge in [0.05, 0.1) is 12.6 Å². The van der Waals surface area contributed by atoms with Crippen LogP contribution in [0.2, 0.25) is 0 Å². The van der Waals surface area contributed by atoms with Crippen molar-refractivity contribution < 1.29 is 18.3 Å². The predicted molar refractivity (Wildman–Crippen MR) is 125 cm³/mol. The molecule has 3 aromatic carbocycles. The summed E-state index contributed by atoms with van der Waals surface area (Å²) in [6, 6.07) is 12.8. The van der Waals surface area contributed by atoms with Crippen molar-refractivity contribution in [1.29, 1.82) is 0 Å². The van der Waals surface area contributed by atoms with Crippen LogP contribution in [0.15, 0.2) is 54.6 Å². The predicted octanol–water partition coefficient (Wildman–Crippen LogP) is 7.14. The third kappa shape index (κ3) is 4.20. The number of anilines is 1. The SMILES string of the molecule is COc1cc(F)ccc1-c1c(C)cc2c(c1COc1cccc(F)c1)C(C)=CC(C)(C)N2. The van der Waals surface area contributed by atoms with Gasteiger partial charge in [0.2, 0.25) is 0 Å². The van der Waals surface area contributed by atoms with Crippen molar-refractivity contribution in [2.75, 3.05) is 12.4 Å². The molecule has 0 aliphatic carbocycles. The van der Waals surface area contributed by atoms with Crippen molar-refractivity contribution in [1.82, 2.24) is 0 Å². The molecule has 1 heterocycles. The molecule has 0 aromatic heterocycles. The van der Waals surface area contributed by atoms with Crippen LogP contribution in [0.3, 0.4) is 0 Å². The number of hydrogen-bond acceptors (Lipinski definition) is 3. The Morgan fingerprint density at radius 1 is 0.938 bits per heavy atom. The summed E-state index contributed by atoms with van der Waals surface area (Å²) in [6.07, 6.45) is 2.18. The number of hydrogen-bond donors (Lipinski definition) is 1. The molecule has 3 aromatic rings. The lowest BCUT2D eigenvalue weighted by atomic mass is 9.83. The monoisotopic (exact) mass is 435 g/mol. The van der Waals surface area contributed by atoms with Gasteiger partial charge in [0.25, 0.3) is 0 Å². The zero-order valence-electron chi connectivity index (χ0n) is 19.0. The van der Waals surface area contributed by atoms with Crippen LogP contribution >= 0.6 is 0 Å². The van der Waals surface area contributed by atoms with E-state index in [1.807, 2.05) is 6.92 Å². The van der Waals surface area contributed by atoms with Crippen molar-refractivity contribution >= 4 is 11.3 Å². The van der Waals surface area contributed by atoms with Crippen molar-refractivity contribution in [3.05, 3.63) is 82.9 Å². The first-order valence-electron chi connectivity index (χ1n) is 10.6. The summed E-state index contributed by atoms with van der Waals surface area (Å²) in [4.78, 5) is 0. The summed E-state index contributed by atoms with van der Waals surface area (Å²) in [5, 5.41) is 3.59. The van der Waals surface area contributed by atoms with E-state index in [1.165, 1.54) is 31.4 Å². The van der Waals surface area contributed by atoms with E-state index in [9.17, 15) is 8.78 Å². The molecule has 4 rings (SSSR count). The van der Waals surface area contributed by atoms with Gasteiger partial charge in [-0.25, -0.2) is 8.78 Å². The summed E-state index contributed by atoms with van der Waals surface area (Å²) in [5.74, 6) is 0.181. The highest BCUT2D eigenvalue weighted by atomic mass is 19.1. The largest absolute Gasteiger partial charge is 0.496 e. The average molecular weight is 436 g/mol. The standard InChI is InChI=1S/C27H27F2NO2/c1-16-11-23-26(17(2)14-27(3,4)30-23)22(15-32-20-8-6-7-18(28)12-20)25(16)21-10-9-19(29)13-24(21)31-5/h6-14,30H,15H2,1-5H3. The molecule has 0 fully saturated rings. The molecule has 3 nitrogen and oxygen atoms in total. The van der Waals surface area contributed by atoms with Crippen LogP contribution in [0.5, 0.6) is 11.5 Å². The second-order valence-electron chi connectivity index (χ2n) is 8.73. The highest BCUT2D eigenvalue weighted by Crippen LogP contribution is 2.44. The maximum atomic E-state index is 13.9. The number of ether oxygens (including phenoxy) is 2. The number of rotatable bonds is 5. The van der Waals surface area contributed by atoms with Gasteiger partial charge in [-0.1, -0.05) is 12.1 Å². The molecule has 0 bridgehead atoms. The lowest BCUT2D eigenvalue weighted by Gasteiger charge is -2.34. The van der Waals surface area contributed by atoms with Gasteiger partial charge in [0.1, 0.15) is 29.7 Å². The molecule has 0 unspecified atom stereocenters. The maximum absolute atomic E-state index is 13.9. The maximum Gasteiger partial charge on any atom is 0.129 e. The Bertz CT molecular complexity index is 1210. The summed E-state index contributed by atoms with van der Waals surface area (Å²) in [7, 11) is 1.53. The first kappa shape index (κ1) is 21.9. The summed E-state index contributed by atoms with van der Waals surface area (Å²) in [5.41, 5.74) is 6.61. The lowest BCUT2D eigenvalue weighted by Crippen LogP contribution is -2.32. The Morgan fingerprint density at radius 3 is 2.41 bits per heavy atom. The fourth-order valence-electron chi connectivity index (χ4n) is 4.54. The Balaban J connectivity index is 1.92. The first-order chi connectivity index (χ1) is 15.2. The van der Waals surface area contributed by atoms with E-state index in [0.29, 0.717) is 11.5 Å². The van der Waals surface area contributed by atoms with Gasteiger partial charge in [-0.3, -0.25) is 0 Å². The zero-order valence-corrected chi connectivity index (χ0v) is 19.0. The molecule has 0 saturated carbocycles. The number of fused-ring (bicyclic) bond motifs is 1. The van der Waals surface area contributed by atoms with E-state index < -0.39 is 0 Å². The minimum Gasteiger partial charge on any atom is -0.496 e. The van der Waals surface area contributed by atoms with E-state index in [2.05, 4.69) is 38.2 Å². The Morgan fingerprint density at radius 2 is 1.69 bits per heavy atom. The Kier molecular flexibility index (Phi) is 5.68. The Hall–Kier alpha value is -3.34. The fraction of sp³-hybridized carbons (Fsp3) is 0.259. The van der Waals surface area contributed by atoms with Crippen LogP contribution in [0.1, 0.15) is 37.5 Å². The topological polar surface area (TPSA) is 30.5 Å². The van der Waals surface area contributed by atoms with E-state index >= 15 is 0 Å². The van der Waals surface area contributed by atoms with Gasteiger partial charge < -0.3 is 14.8 Å². The fourth-order valence-corrected chi connectivity index (χ4v) is 4.54. The first-order valence-corrected chi connectivity index (χ1v) is 10.6. The highest BCUT2D eigenvalue weighted by molar-refractivity contribution is 5.90. The molecule has 32 heavy (non-hydrogen) atoms. The van der Waals surface area contributed by atoms with Gasteiger partial charge >= 0.3 is 0 Å². The van der Waals surface area contributed by atoms with Crippen molar-refractivity contribution in [3.63, 3.8) is 0 Å². The van der Waals surface area contributed by atoms with E-state index in [1.54, 1.807) is 18.2 Å². The second kappa shape index (κ2) is 8.30. The number of methoxy groups -OCH3 is 1. The Labute approximate surface area is 187 Å². The summed E-state index contributed by atoms with van der Waals surface area (Å²) < 4.78 is 39.2. The molecule has 1 aliphatic heterocycles. The van der Waals surface area contributed by atoms with E-state index in [4.69, 9.17) is 9.47 Å². The normalized spacial score (nSPS) is 14.3. The number of benzene rings is 3. The average Bonchev–Trinajstić information content (AvgIpc) is 2.71. The molecule has 0 atom stereocenters. The minimum atomic E-state index is -0.363. The van der Waals surface area contributed by atoms with Crippen LogP contribution in [-0.2, 0) is 6.61 Å². The van der Waals surface area contributed by atoms with Gasteiger partial charge in [0.15, 0.2) is 0 Å². The van der Waals surface area contributed by atoms with Crippen molar-refractivity contribution in [2.24, 2.45) is 0 Å². The van der Waals surface area contributed by atoms with E-state index in [0.717, 1.165) is 39.1 Å². The van der Waals surface area contributed by atoms with Crippen LogP contribution in [0.4, 0.5) is 14.5 Å². The number of allylic oxidation sites excluding steroid dienone is 1. The van der Waals surface area contributed by atoms with Crippen LogP contribution in [0, 0.1) is 18.6 Å². The van der Waals surface area contributed by atoms with Gasteiger partial charge in [-0.15, -0.1) is 0 Å². The molecule has 5 heteroatoms. The van der Waals surface area contributed by atoms with Crippen molar-refractivity contribution in [2.45, 2.75) is 39.8 Å². The molecule has 0 amide bonds. The minimum absolute atomic E-state index is 0.195. The molecule has 0 saturated heterocycles. The number of nitrogens with one attached hydrogen (secondary N) is 1. The quantitative estimate of drug-likeness (QED) is 0.462. The molecule has 1 N–H and O–H groups in total. The summed E-state index contributed by atoms with van der Waals surface area (Å²) in [6.45, 7) is 8.56. The van der Waals surface area contributed by atoms with E-state index in [-0.39, 0.29) is 23.8 Å². The number of halogens is 2. The van der Waals surface area contributed by atoms with Gasteiger partial charge in [-0.2, -0.15) is 0 Å². The molecule has 1 aliphatic rings. The third-order valence-electron chi connectivity index (χ3n) is 5.67. The van der Waals surface area contributed by atoms with Crippen LogP contribution in [0.25, 0.3) is 16.7 Å². The molecule has 0 spiro atoms. The smallest absolute Gasteiger partial charge is 0.129 e. The van der Waals surface area contributed by atoms with Gasteiger partial charge in [-0.05, 0) is 74.7 Å². The van der Waals surface area contributed by atoms with Crippen molar-refractivity contribution in [3.8, 4) is 22.6 Å². The van der Waals surface area contributed by atoms with Gasteiger partial charge in [0, 0.05) is 34.5 Å². The number of aryl methyl sites for hydroxylation is 1. The molecule has 166 valence electrons. The summed E-state index contributed by atoms with van der Waals surface area (Å²) >= 11 is 0. The molecular weight excluding hydrogens is 408 g/mol. The molecule has 0 radical (unpaired) electrons. The van der Waals surface area contributed by atoms with Crippen LogP contribution < -0.4 is 14.8 Å². The zero-order chi connectivity index (χ0) is 23.0. The van der Waals surface area contributed by atoms with Crippen LogP contribution in [-0.4, -0.2) is 12.6 Å². The third-order valence-corrected chi connectivity index (χ3v) is 5.67. The molecular formula is C27H27F2NO2.